The molecule has 0 atom stereocenters. The number of rotatable bonds is 7. The highest BCUT2D eigenvalue weighted by Crippen LogP contribution is 2.32. The van der Waals surface area contributed by atoms with Crippen LogP contribution in [0.25, 0.3) is 11.0 Å². The molecule has 2 amide bonds. The molecular formula is C30H31F3N6O2. The third-order valence-corrected chi connectivity index (χ3v) is 7.29. The van der Waals surface area contributed by atoms with Gasteiger partial charge in [-0.25, -0.2) is 4.98 Å². The molecule has 0 spiro atoms. The summed E-state index contributed by atoms with van der Waals surface area (Å²) >= 11 is 0. The molecular weight excluding hydrogens is 533 g/mol. The number of aromatic amines is 1. The molecule has 1 fully saturated rings. The number of hydrogen-bond donors (Lipinski definition) is 3. The number of anilines is 1. The molecule has 0 saturated carbocycles. The van der Waals surface area contributed by atoms with Gasteiger partial charge in [0.05, 0.1) is 11.1 Å². The van der Waals surface area contributed by atoms with E-state index in [0.29, 0.717) is 28.9 Å². The van der Waals surface area contributed by atoms with E-state index in [-0.39, 0.29) is 23.7 Å². The Balaban J connectivity index is 1.29. The van der Waals surface area contributed by atoms with Crippen LogP contribution in [-0.2, 0) is 19.3 Å². The smallest absolute Gasteiger partial charge is 0.348 e. The topological polar surface area (TPSA) is 93.4 Å². The van der Waals surface area contributed by atoms with Gasteiger partial charge < -0.3 is 20.5 Å². The van der Waals surface area contributed by atoms with Gasteiger partial charge in [0.2, 0.25) is 0 Å². The zero-order chi connectivity index (χ0) is 29.1. The van der Waals surface area contributed by atoms with E-state index >= 15 is 0 Å². The zero-order valence-electron chi connectivity index (χ0n) is 22.8. The molecule has 0 bridgehead atoms. The maximum atomic E-state index is 13.7. The molecule has 4 aromatic rings. The summed E-state index contributed by atoms with van der Waals surface area (Å²) < 4.78 is 41.1. The van der Waals surface area contributed by atoms with Crippen molar-refractivity contribution in [1.29, 1.82) is 0 Å². The van der Waals surface area contributed by atoms with Gasteiger partial charge in [0.25, 0.3) is 11.8 Å². The highest BCUT2D eigenvalue weighted by Gasteiger charge is 2.31. The number of piperazine rings is 1. The number of fused-ring (bicyclic) bond motifs is 1. The molecule has 1 aliphatic rings. The molecule has 0 radical (unpaired) electrons. The summed E-state index contributed by atoms with van der Waals surface area (Å²) in [5, 5.41) is 6.31. The van der Waals surface area contributed by atoms with E-state index in [1.807, 2.05) is 20.0 Å². The molecule has 5 rings (SSSR count). The number of pyridine rings is 1. The van der Waals surface area contributed by atoms with E-state index in [1.54, 1.807) is 36.5 Å². The van der Waals surface area contributed by atoms with Crippen LogP contribution in [0.3, 0.4) is 0 Å². The summed E-state index contributed by atoms with van der Waals surface area (Å²) in [5.41, 5.74) is 2.68. The lowest BCUT2D eigenvalue weighted by Crippen LogP contribution is -2.43. The van der Waals surface area contributed by atoms with Gasteiger partial charge in [-0.2, -0.15) is 13.2 Å². The summed E-state index contributed by atoms with van der Waals surface area (Å²) in [6.45, 7) is 5.59. The molecule has 0 aliphatic carbocycles. The Hall–Kier alpha value is -4.22. The van der Waals surface area contributed by atoms with E-state index in [0.717, 1.165) is 49.3 Å². The van der Waals surface area contributed by atoms with Gasteiger partial charge in [0.15, 0.2) is 0 Å². The first-order valence-electron chi connectivity index (χ1n) is 13.3. The van der Waals surface area contributed by atoms with Crippen molar-refractivity contribution in [3.05, 3.63) is 94.3 Å². The molecule has 3 N–H and O–H groups in total. The van der Waals surface area contributed by atoms with E-state index in [4.69, 9.17) is 0 Å². The summed E-state index contributed by atoms with van der Waals surface area (Å²) in [6.07, 6.45) is -1.32. The van der Waals surface area contributed by atoms with Gasteiger partial charge in [0.1, 0.15) is 5.65 Å². The minimum Gasteiger partial charge on any atom is -0.348 e. The fourth-order valence-corrected chi connectivity index (χ4v) is 4.83. The van der Waals surface area contributed by atoms with Crippen molar-refractivity contribution in [3.63, 3.8) is 0 Å². The minimum absolute atomic E-state index is 0.0806. The SMILES string of the molecule is Cc1ccc(C(=O)Nc2cc(CN3CCN(C)CC3)cc(C(F)(F)F)c2)cc1CNC(=O)c1cnc2[nH]ccc2c1. The third-order valence-electron chi connectivity index (χ3n) is 7.29. The Morgan fingerprint density at radius 1 is 0.976 bits per heavy atom. The lowest BCUT2D eigenvalue weighted by molar-refractivity contribution is -0.137. The van der Waals surface area contributed by atoms with Gasteiger partial charge in [0, 0.05) is 68.3 Å². The standard InChI is InChI=1S/C30H31F3N6O2/c1-19-3-4-22(14-23(19)16-36-28(40)24-13-21-5-6-34-27(21)35-17-24)29(41)37-26-12-20(11-25(15-26)30(31,32)33)18-39-9-7-38(2)8-10-39/h3-6,11-15,17H,7-10,16,18H2,1-2H3,(H,34,35)(H,36,40)(H,37,41). The number of benzene rings is 2. The quantitative estimate of drug-likeness (QED) is 0.299. The lowest BCUT2D eigenvalue weighted by atomic mass is 10.0. The van der Waals surface area contributed by atoms with Crippen molar-refractivity contribution in [2.75, 3.05) is 38.5 Å². The van der Waals surface area contributed by atoms with Crippen LogP contribution in [0.15, 0.2) is 60.9 Å². The van der Waals surface area contributed by atoms with Crippen LogP contribution in [0.1, 0.15) is 43.0 Å². The van der Waals surface area contributed by atoms with Gasteiger partial charge in [-0.15, -0.1) is 0 Å². The van der Waals surface area contributed by atoms with E-state index in [2.05, 4.69) is 30.4 Å². The number of aromatic nitrogens is 2. The van der Waals surface area contributed by atoms with Crippen LogP contribution in [0, 0.1) is 6.92 Å². The second-order valence-electron chi connectivity index (χ2n) is 10.4. The van der Waals surface area contributed by atoms with E-state index in [1.165, 1.54) is 6.20 Å². The molecule has 41 heavy (non-hydrogen) atoms. The first kappa shape index (κ1) is 28.3. The molecule has 8 nitrogen and oxygen atoms in total. The minimum atomic E-state index is -4.55. The zero-order valence-corrected chi connectivity index (χ0v) is 22.8. The maximum Gasteiger partial charge on any atom is 0.416 e. The number of nitrogens with zero attached hydrogens (tertiary/aromatic N) is 3. The fraction of sp³-hybridized carbons (Fsp3) is 0.300. The summed E-state index contributed by atoms with van der Waals surface area (Å²) in [5.74, 6) is -0.851. The van der Waals surface area contributed by atoms with E-state index < -0.39 is 17.6 Å². The normalized spacial score (nSPS) is 14.8. The third kappa shape index (κ3) is 6.93. The molecule has 11 heteroatoms. The number of halogens is 3. The number of carbonyl (C=O) groups excluding carboxylic acids is 2. The summed E-state index contributed by atoms with van der Waals surface area (Å²) in [7, 11) is 2.01. The highest BCUT2D eigenvalue weighted by molar-refractivity contribution is 6.04. The number of carbonyl (C=O) groups is 2. The van der Waals surface area contributed by atoms with E-state index in [9.17, 15) is 22.8 Å². The Bertz CT molecular complexity index is 1570. The summed E-state index contributed by atoms with van der Waals surface area (Å²) in [6, 6.07) is 12.2. The largest absolute Gasteiger partial charge is 0.416 e. The van der Waals surface area contributed by atoms with Crippen molar-refractivity contribution in [2.24, 2.45) is 0 Å². The number of H-pyrrole nitrogens is 1. The number of alkyl halides is 3. The van der Waals surface area contributed by atoms with Crippen molar-refractivity contribution in [1.82, 2.24) is 25.1 Å². The lowest BCUT2D eigenvalue weighted by Gasteiger charge is -2.32. The number of likely N-dealkylation sites (N-methyl/N-ethyl adjacent to an activating group) is 1. The number of hydrogen-bond acceptors (Lipinski definition) is 5. The summed E-state index contributed by atoms with van der Waals surface area (Å²) in [4.78, 5) is 37.3. The highest BCUT2D eigenvalue weighted by atomic mass is 19.4. The van der Waals surface area contributed by atoms with Crippen LogP contribution in [0.5, 0.6) is 0 Å². The predicted molar refractivity (Wildman–Crippen MR) is 151 cm³/mol. The first-order valence-corrected chi connectivity index (χ1v) is 13.3. The maximum absolute atomic E-state index is 13.7. The average Bonchev–Trinajstić information content (AvgIpc) is 3.41. The molecule has 1 saturated heterocycles. The Kier molecular flexibility index (Phi) is 8.09. The van der Waals surface area contributed by atoms with Crippen LogP contribution < -0.4 is 10.6 Å². The Labute approximate surface area is 235 Å². The van der Waals surface area contributed by atoms with Crippen LogP contribution >= 0.6 is 0 Å². The molecule has 3 heterocycles. The van der Waals surface area contributed by atoms with Gasteiger partial charge in [-0.1, -0.05) is 6.07 Å². The molecule has 214 valence electrons. The molecule has 0 unspecified atom stereocenters. The van der Waals surface area contributed by atoms with Gasteiger partial charge >= 0.3 is 6.18 Å². The number of aryl methyl sites for hydroxylation is 1. The monoisotopic (exact) mass is 564 g/mol. The van der Waals surface area contributed by atoms with Gasteiger partial charge in [-0.05, 0) is 73.1 Å². The van der Waals surface area contributed by atoms with Crippen molar-refractivity contribution in [2.45, 2.75) is 26.2 Å². The van der Waals surface area contributed by atoms with Crippen LogP contribution in [-0.4, -0.2) is 64.8 Å². The number of amides is 2. The second kappa shape index (κ2) is 11.7. The van der Waals surface area contributed by atoms with Crippen LogP contribution in [0.2, 0.25) is 0 Å². The molecule has 2 aromatic carbocycles. The van der Waals surface area contributed by atoms with Crippen LogP contribution in [0.4, 0.5) is 18.9 Å². The van der Waals surface area contributed by atoms with Crippen molar-refractivity contribution >= 4 is 28.5 Å². The predicted octanol–water partition coefficient (Wildman–Crippen LogP) is 4.82. The average molecular weight is 565 g/mol. The fourth-order valence-electron chi connectivity index (χ4n) is 4.83. The molecule has 1 aliphatic heterocycles. The number of nitrogens with one attached hydrogen (secondary N) is 3. The Morgan fingerprint density at radius 3 is 2.51 bits per heavy atom. The molecule has 2 aromatic heterocycles. The first-order chi connectivity index (χ1) is 19.5. The second-order valence-corrected chi connectivity index (χ2v) is 10.4. The van der Waals surface area contributed by atoms with Gasteiger partial charge in [-0.3, -0.25) is 14.5 Å². The Morgan fingerprint density at radius 2 is 1.76 bits per heavy atom. The van der Waals surface area contributed by atoms with Crippen molar-refractivity contribution in [3.8, 4) is 0 Å². The van der Waals surface area contributed by atoms with Crippen molar-refractivity contribution < 1.29 is 22.8 Å².